The molecule has 0 aliphatic carbocycles. The minimum atomic E-state index is 0.0278. The Balaban J connectivity index is 2.54. The molecule has 10 heavy (non-hydrogen) atoms. The van der Waals surface area contributed by atoms with E-state index in [1.807, 2.05) is 0 Å². The first-order valence-electron chi connectivity index (χ1n) is 3.56. The quantitative estimate of drug-likeness (QED) is 0.604. The number of Topliss-reactive ketones (excluding diaryl/α,β-unsaturated/α-hetero) is 1. The van der Waals surface area contributed by atoms with E-state index in [9.17, 15) is 4.79 Å². The Morgan fingerprint density at radius 1 is 1.80 bits per heavy atom. The monoisotopic (exact) mass is 157 g/mol. The highest BCUT2D eigenvalue weighted by atomic mass is 32.1. The molecule has 1 atom stereocenters. The van der Waals surface area contributed by atoms with E-state index in [1.54, 1.807) is 0 Å². The van der Waals surface area contributed by atoms with E-state index in [-0.39, 0.29) is 11.7 Å². The van der Waals surface area contributed by atoms with Crippen LogP contribution in [0.3, 0.4) is 0 Å². The van der Waals surface area contributed by atoms with Crippen LogP contribution in [-0.4, -0.2) is 17.3 Å². The van der Waals surface area contributed by atoms with Crippen LogP contribution in [0.4, 0.5) is 0 Å². The van der Waals surface area contributed by atoms with Crippen LogP contribution >= 0.6 is 12.2 Å². The molecule has 0 amide bonds. The summed E-state index contributed by atoms with van der Waals surface area (Å²) in [6, 6.07) is 0. The largest absolute Gasteiger partial charge is 0.372 e. The van der Waals surface area contributed by atoms with Crippen molar-refractivity contribution in [3.05, 3.63) is 0 Å². The van der Waals surface area contributed by atoms with E-state index >= 15 is 0 Å². The van der Waals surface area contributed by atoms with E-state index in [0.717, 1.165) is 17.8 Å². The molecule has 1 fully saturated rings. The lowest BCUT2D eigenvalue weighted by Crippen LogP contribution is -2.17. The third-order valence-electron chi connectivity index (χ3n) is 1.72. The second-order valence-electron chi connectivity index (χ2n) is 2.53. The fourth-order valence-corrected chi connectivity index (χ4v) is 1.47. The lowest BCUT2D eigenvalue weighted by Gasteiger charge is -2.02. The fraction of sp³-hybridized carbons (Fsp3) is 0.714. The summed E-state index contributed by atoms with van der Waals surface area (Å²) in [6.07, 6.45) is 1.93. The molecule has 0 aromatic carbocycles. The van der Waals surface area contributed by atoms with Crippen LogP contribution in [0.1, 0.15) is 19.8 Å². The van der Waals surface area contributed by atoms with Gasteiger partial charge < -0.3 is 5.32 Å². The number of hydrogen-bond donors (Lipinski definition) is 1. The van der Waals surface area contributed by atoms with Gasteiger partial charge in [-0.05, 0) is 6.42 Å². The average Bonchev–Trinajstić information content (AvgIpc) is 2.20. The molecule has 0 saturated carbocycles. The number of rotatable bonds is 2. The van der Waals surface area contributed by atoms with Crippen molar-refractivity contribution in [2.45, 2.75) is 19.8 Å². The highest BCUT2D eigenvalue weighted by molar-refractivity contribution is 7.80. The van der Waals surface area contributed by atoms with Gasteiger partial charge in [0.2, 0.25) is 0 Å². The van der Waals surface area contributed by atoms with Crippen LogP contribution in [0.5, 0.6) is 0 Å². The molecule has 1 aliphatic rings. The highest BCUT2D eigenvalue weighted by Gasteiger charge is 2.27. The Labute approximate surface area is 66.0 Å². The molecule has 1 N–H and O–H groups in total. The molecule has 1 heterocycles. The van der Waals surface area contributed by atoms with Gasteiger partial charge in [-0.1, -0.05) is 25.6 Å². The van der Waals surface area contributed by atoms with Crippen LogP contribution in [-0.2, 0) is 4.79 Å². The van der Waals surface area contributed by atoms with Crippen LogP contribution in [0.15, 0.2) is 0 Å². The second-order valence-corrected chi connectivity index (χ2v) is 2.97. The minimum Gasteiger partial charge on any atom is -0.372 e. The third-order valence-corrected chi connectivity index (χ3v) is 2.15. The summed E-state index contributed by atoms with van der Waals surface area (Å²) < 4.78 is 0. The SMILES string of the molecule is CCCC1C(=O)CNC1=S. The second kappa shape index (κ2) is 3.10. The molecule has 1 unspecified atom stereocenters. The predicted octanol–water partition coefficient (Wildman–Crippen LogP) is 0.902. The zero-order valence-corrected chi connectivity index (χ0v) is 6.83. The van der Waals surface area contributed by atoms with Crippen molar-refractivity contribution in [2.75, 3.05) is 6.54 Å². The van der Waals surface area contributed by atoms with Crippen molar-refractivity contribution in [3.63, 3.8) is 0 Å². The molecular formula is C7H11NOS. The third kappa shape index (κ3) is 1.34. The van der Waals surface area contributed by atoms with Gasteiger partial charge in [0, 0.05) is 0 Å². The van der Waals surface area contributed by atoms with E-state index in [2.05, 4.69) is 12.2 Å². The number of carbonyl (C=O) groups is 1. The van der Waals surface area contributed by atoms with Crippen molar-refractivity contribution >= 4 is 23.0 Å². The zero-order chi connectivity index (χ0) is 7.56. The molecule has 0 aromatic heterocycles. The summed E-state index contributed by atoms with van der Waals surface area (Å²) in [7, 11) is 0. The summed E-state index contributed by atoms with van der Waals surface area (Å²) in [5.74, 6) is 0.284. The zero-order valence-electron chi connectivity index (χ0n) is 6.02. The van der Waals surface area contributed by atoms with Gasteiger partial charge in [-0.3, -0.25) is 4.79 Å². The van der Waals surface area contributed by atoms with Crippen molar-refractivity contribution < 1.29 is 4.79 Å². The lowest BCUT2D eigenvalue weighted by molar-refractivity contribution is -0.118. The normalized spacial score (nSPS) is 25.1. The van der Waals surface area contributed by atoms with Crippen LogP contribution in [0.2, 0.25) is 0 Å². The average molecular weight is 157 g/mol. The van der Waals surface area contributed by atoms with Gasteiger partial charge in [-0.2, -0.15) is 0 Å². The summed E-state index contributed by atoms with van der Waals surface area (Å²) in [6.45, 7) is 2.51. The van der Waals surface area contributed by atoms with E-state index < -0.39 is 0 Å². The molecule has 2 nitrogen and oxygen atoms in total. The molecule has 1 aliphatic heterocycles. The Bertz CT molecular complexity index is 151. The molecule has 0 spiro atoms. The number of ketones is 1. The maximum absolute atomic E-state index is 11.0. The highest BCUT2D eigenvalue weighted by Crippen LogP contribution is 2.13. The first kappa shape index (κ1) is 7.66. The summed E-state index contributed by atoms with van der Waals surface area (Å²) >= 11 is 4.95. The lowest BCUT2D eigenvalue weighted by atomic mass is 10.0. The van der Waals surface area contributed by atoms with E-state index in [1.165, 1.54) is 0 Å². The van der Waals surface area contributed by atoms with Gasteiger partial charge in [0.15, 0.2) is 5.78 Å². The van der Waals surface area contributed by atoms with Gasteiger partial charge >= 0.3 is 0 Å². The van der Waals surface area contributed by atoms with E-state index in [0.29, 0.717) is 6.54 Å². The first-order chi connectivity index (χ1) is 4.75. The van der Waals surface area contributed by atoms with Gasteiger partial charge in [0.05, 0.1) is 17.5 Å². The predicted molar refractivity (Wildman–Crippen MR) is 44.0 cm³/mol. The maximum Gasteiger partial charge on any atom is 0.161 e. The minimum absolute atomic E-state index is 0.0278. The fourth-order valence-electron chi connectivity index (χ4n) is 1.15. The van der Waals surface area contributed by atoms with Crippen LogP contribution < -0.4 is 5.32 Å². The molecule has 0 radical (unpaired) electrons. The van der Waals surface area contributed by atoms with Crippen LogP contribution in [0, 0.1) is 5.92 Å². The van der Waals surface area contributed by atoms with Gasteiger partial charge in [0.25, 0.3) is 0 Å². The van der Waals surface area contributed by atoms with Gasteiger partial charge in [-0.15, -0.1) is 0 Å². The summed E-state index contributed by atoms with van der Waals surface area (Å²) in [4.78, 5) is 11.8. The van der Waals surface area contributed by atoms with Crippen LogP contribution in [0.25, 0.3) is 0 Å². The Morgan fingerprint density at radius 3 is 2.90 bits per heavy atom. The van der Waals surface area contributed by atoms with Gasteiger partial charge in [0.1, 0.15) is 0 Å². The van der Waals surface area contributed by atoms with Crippen molar-refractivity contribution in [1.82, 2.24) is 5.32 Å². The maximum atomic E-state index is 11.0. The molecule has 0 aromatic rings. The van der Waals surface area contributed by atoms with Gasteiger partial charge in [-0.25, -0.2) is 0 Å². The summed E-state index contributed by atoms with van der Waals surface area (Å²) in [5, 5.41) is 2.89. The molecular weight excluding hydrogens is 146 g/mol. The first-order valence-corrected chi connectivity index (χ1v) is 3.97. The van der Waals surface area contributed by atoms with Crippen molar-refractivity contribution in [3.8, 4) is 0 Å². The van der Waals surface area contributed by atoms with E-state index in [4.69, 9.17) is 12.2 Å². The number of hydrogen-bond acceptors (Lipinski definition) is 2. The summed E-state index contributed by atoms with van der Waals surface area (Å²) in [5.41, 5.74) is 0. The number of thiocarbonyl (C=S) groups is 1. The molecule has 1 rings (SSSR count). The standard InChI is InChI=1S/C7H11NOS/c1-2-3-5-6(9)4-8-7(5)10/h5H,2-4H2,1H3,(H,8,10). The molecule has 1 saturated heterocycles. The van der Waals surface area contributed by atoms with Crippen molar-refractivity contribution in [2.24, 2.45) is 5.92 Å². The van der Waals surface area contributed by atoms with Crippen molar-refractivity contribution in [1.29, 1.82) is 0 Å². The Morgan fingerprint density at radius 2 is 2.50 bits per heavy atom. The Hall–Kier alpha value is -0.440. The number of carbonyl (C=O) groups excluding carboxylic acids is 1. The Kier molecular flexibility index (Phi) is 2.38. The molecule has 0 bridgehead atoms. The topological polar surface area (TPSA) is 29.1 Å². The molecule has 3 heteroatoms. The molecule has 56 valence electrons. The smallest absolute Gasteiger partial charge is 0.161 e. The number of nitrogens with one attached hydrogen (secondary N) is 1.